The summed E-state index contributed by atoms with van der Waals surface area (Å²) in [5.74, 6) is 0.892. The van der Waals surface area contributed by atoms with Crippen molar-refractivity contribution in [3.63, 3.8) is 0 Å². The zero-order valence-electron chi connectivity index (χ0n) is 25.6. The molecule has 0 spiro atoms. The number of imidazole rings is 1. The van der Waals surface area contributed by atoms with Crippen LogP contribution in [0.1, 0.15) is 0 Å². The van der Waals surface area contributed by atoms with Gasteiger partial charge in [0.05, 0.1) is 38.6 Å². The molecule has 12 rings (SSSR count). The van der Waals surface area contributed by atoms with Crippen molar-refractivity contribution in [2.75, 3.05) is 0 Å². The maximum Gasteiger partial charge on any atom is 0.220 e. The second kappa shape index (κ2) is 8.79. The zero-order chi connectivity index (χ0) is 31.1. The summed E-state index contributed by atoms with van der Waals surface area (Å²) in [5.41, 5.74) is 11.7. The lowest BCUT2D eigenvalue weighted by molar-refractivity contribution is 0.956. The van der Waals surface area contributed by atoms with E-state index in [4.69, 9.17) is 4.98 Å². The first-order chi connectivity index (χ1) is 23.8. The van der Waals surface area contributed by atoms with Gasteiger partial charge in [-0.2, -0.15) is 0 Å². The molecule has 0 saturated heterocycles. The predicted octanol–water partition coefficient (Wildman–Crippen LogP) is 11.6. The number of fused-ring (bicyclic) bond motifs is 5. The molecule has 0 amide bonds. The molecule has 5 aromatic heterocycles. The summed E-state index contributed by atoms with van der Waals surface area (Å²) in [6.45, 7) is 0. The standard InChI is InChI=1S/C43H24N4S/c1-2-9-25(10-3-1)26-17-19-27(20-18-26)45-32-14-7-5-12-30(32)44-43(45)47-34-16-8-15-33-38(34)39-35(47)22-24-36-40(39)41-37(48-36)23-21-29-28-11-4-6-13-31(28)46(33)42(29)41/h1-24H. The Bertz CT molecular complexity index is 3210. The van der Waals surface area contributed by atoms with Crippen LogP contribution in [0.15, 0.2) is 146 Å². The van der Waals surface area contributed by atoms with Crippen LogP contribution in [-0.2, 0) is 0 Å². The molecule has 0 saturated carbocycles. The van der Waals surface area contributed by atoms with Crippen molar-refractivity contribution in [1.29, 1.82) is 0 Å². The van der Waals surface area contributed by atoms with Gasteiger partial charge in [-0.1, -0.05) is 84.9 Å². The minimum Gasteiger partial charge on any atom is -0.308 e. The first-order valence-corrected chi connectivity index (χ1v) is 17.1. The number of para-hydroxylation sites is 3. The summed E-state index contributed by atoms with van der Waals surface area (Å²) in [7, 11) is 0. The zero-order valence-corrected chi connectivity index (χ0v) is 26.4. The normalized spacial score (nSPS) is 12.6. The van der Waals surface area contributed by atoms with Crippen LogP contribution in [0.4, 0.5) is 0 Å². The van der Waals surface area contributed by atoms with Crippen LogP contribution < -0.4 is 0 Å². The fraction of sp³-hybridized carbons (Fsp3) is 0. The minimum atomic E-state index is 0.892. The van der Waals surface area contributed by atoms with E-state index in [9.17, 15) is 0 Å². The second-order valence-corrected chi connectivity index (χ2v) is 13.9. The van der Waals surface area contributed by atoms with Gasteiger partial charge in [0.15, 0.2) is 0 Å². The third-order valence-corrected chi connectivity index (χ3v) is 11.5. The summed E-state index contributed by atoms with van der Waals surface area (Å²) in [5, 5.41) is 7.89. The smallest absolute Gasteiger partial charge is 0.220 e. The molecule has 0 aliphatic heterocycles. The van der Waals surface area contributed by atoms with Gasteiger partial charge in [-0.05, 0) is 71.8 Å². The van der Waals surface area contributed by atoms with E-state index in [2.05, 4.69) is 159 Å². The molecule has 5 heterocycles. The van der Waals surface area contributed by atoms with Crippen LogP contribution in [0.3, 0.4) is 0 Å². The average molecular weight is 629 g/mol. The van der Waals surface area contributed by atoms with Crippen molar-refractivity contribution in [1.82, 2.24) is 18.5 Å². The van der Waals surface area contributed by atoms with Crippen molar-refractivity contribution in [2.24, 2.45) is 0 Å². The molecule has 0 N–H and O–H groups in total. The third-order valence-electron chi connectivity index (χ3n) is 10.4. The van der Waals surface area contributed by atoms with Crippen LogP contribution in [0.25, 0.3) is 103 Å². The fourth-order valence-electron chi connectivity index (χ4n) is 8.43. The number of rotatable bonds is 3. The Morgan fingerprint density at radius 3 is 2.00 bits per heavy atom. The minimum absolute atomic E-state index is 0.892. The van der Waals surface area contributed by atoms with Gasteiger partial charge < -0.3 is 4.40 Å². The Balaban J connectivity index is 1.26. The fourth-order valence-corrected chi connectivity index (χ4v) is 9.55. The highest BCUT2D eigenvalue weighted by Gasteiger charge is 2.27. The van der Waals surface area contributed by atoms with E-state index in [0.29, 0.717) is 0 Å². The summed E-state index contributed by atoms with van der Waals surface area (Å²) >= 11 is 1.90. The highest BCUT2D eigenvalue weighted by atomic mass is 32.1. The van der Waals surface area contributed by atoms with E-state index in [1.165, 1.54) is 74.9 Å². The van der Waals surface area contributed by atoms with Crippen LogP contribution in [0.5, 0.6) is 0 Å². The third kappa shape index (κ3) is 2.99. The highest BCUT2D eigenvalue weighted by Crippen LogP contribution is 2.50. The summed E-state index contributed by atoms with van der Waals surface area (Å²) < 4.78 is 9.90. The topological polar surface area (TPSA) is 27.2 Å². The lowest BCUT2D eigenvalue weighted by atomic mass is 10.0. The molecule has 0 fully saturated rings. The summed E-state index contributed by atoms with van der Waals surface area (Å²) in [6, 6.07) is 52.9. The second-order valence-electron chi connectivity index (χ2n) is 12.8. The summed E-state index contributed by atoms with van der Waals surface area (Å²) in [4.78, 5) is 5.39. The van der Waals surface area contributed by atoms with Crippen molar-refractivity contribution >= 4 is 91.7 Å². The average Bonchev–Trinajstić information content (AvgIpc) is 3.86. The van der Waals surface area contributed by atoms with Gasteiger partial charge in [-0.3, -0.25) is 9.13 Å². The molecule has 0 unspecified atom stereocenters. The molecular weight excluding hydrogens is 605 g/mol. The van der Waals surface area contributed by atoms with E-state index in [-0.39, 0.29) is 0 Å². The van der Waals surface area contributed by atoms with Crippen molar-refractivity contribution in [3.8, 4) is 22.8 Å². The molecule has 0 bridgehead atoms. The molecule has 12 aromatic rings. The lowest BCUT2D eigenvalue weighted by Crippen LogP contribution is -2.05. The Morgan fingerprint density at radius 1 is 0.417 bits per heavy atom. The van der Waals surface area contributed by atoms with Gasteiger partial charge >= 0.3 is 0 Å². The maximum atomic E-state index is 5.39. The maximum absolute atomic E-state index is 5.39. The van der Waals surface area contributed by atoms with Crippen molar-refractivity contribution in [3.05, 3.63) is 146 Å². The van der Waals surface area contributed by atoms with E-state index in [1.54, 1.807) is 0 Å². The first-order valence-electron chi connectivity index (χ1n) is 16.3. The molecule has 7 aromatic carbocycles. The van der Waals surface area contributed by atoms with Crippen LogP contribution in [0.2, 0.25) is 0 Å². The van der Waals surface area contributed by atoms with E-state index in [1.807, 2.05) is 11.3 Å². The number of aromatic nitrogens is 4. The summed E-state index contributed by atoms with van der Waals surface area (Å²) in [6.07, 6.45) is 0. The van der Waals surface area contributed by atoms with Gasteiger partial charge in [0.1, 0.15) is 0 Å². The highest BCUT2D eigenvalue weighted by molar-refractivity contribution is 7.26. The number of hydrogen-bond donors (Lipinski definition) is 0. The van der Waals surface area contributed by atoms with E-state index < -0.39 is 0 Å². The molecule has 0 aliphatic rings. The molecular formula is C43H24N4S. The van der Waals surface area contributed by atoms with Gasteiger partial charge in [-0.25, -0.2) is 4.98 Å². The van der Waals surface area contributed by atoms with Gasteiger partial charge in [-0.15, -0.1) is 11.3 Å². The van der Waals surface area contributed by atoms with E-state index in [0.717, 1.165) is 28.2 Å². The van der Waals surface area contributed by atoms with Crippen LogP contribution >= 0.6 is 11.3 Å². The van der Waals surface area contributed by atoms with Crippen molar-refractivity contribution in [2.45, 2.75) is 0 Å². The number of nitrogens with zero attached hydrogens (tertiary/aromatic N) is 4. The van der Waals surface area contributed by atoms with Crippen LogP contribution in [0, 0.1) is 0 Å². The van der Waals surface area contributed by atoms with E-state index >= 15 is 0 Å². The quantitative estimate of drug-likeness (QED) is 0.191. The van der Waals surface area contributed by atoms with Gasteiger partial charge in [0.25, 0.3) is 0 Å². The van der Waals surface area contributed by atoms with Gasteiger partial charge in [0.2, 0.25) is 5.95 Å². The van der Waals surface area contributed by atoms with Gasteiger partial charge in [0, 0.05) is 47.4 Å². The van der Waals surface area contributed by atoms with Crippen LogP contribution in [-0.4, -0.2) is 18.5 Å². The number of benzene rings is 7. The Hall–Kier alpha value is -6.17. The largest absolute Gasteiger partial charge is 0.308 e. The molecule has 0 aliphatic carbocycles. The Kier molecular flexibility index (Phi) is 4.58. The molecule has 0 atom stereocenters. The SMILES string of the molecule is c1ccc(-c2ccc(-n3c(-n4c5ccc6sc7ccc8c9ccccc9n9c%10cccc4c%10c5c6c7c89)nc4ccccc43)cc2)cc1. The molecule has 0 radical (unpaired) electrons. The molecule has 48 heavy (non-hydrogen) atoms. The first kappa shape index (κ1) is 25.0. The number of thiophene rings is 1. The Labute approximate surface area is 277 Å². The predicted molar refractivity (Wildman–Crippen MR) is 202 cm³/mol. The molecule has 222 valence electrons. The molecule has 5 heteroatoms. The monoisotopic (exact) mass is 628 g/mol. The van der Waals surface area contributed by atoms with Crippen molar-refractivity contribution < 1.29 is 0 Å². The molecule has 4 nitrogen and oxygen atoms in total. The lowest BCUT2D eigenvalue weighted by Gasteiger charge is -2.13. The number of hydrogen-bond acceptors (Lipinski definition) is 2. The Morgan fingerprint density at radius 2 is 1.10 bits per heavy atom.